The molecule has 1 fully saturated rings. The summed E-state index contributed by atoms with van der Waals surface area (Å²) in [5.74, 6) is 0.556. The van der Waals surface area contributed by atoms with Crippen molar-refractivity contribution in [3.8, 4) is 0 Å². The topological polar surface area (TPSA) is 28.2 Å². The first kappa shape index (κ1) is 19.1. The van der Waals surface area contributed by atoms with Crippen molar-refractivity contribution in [3.05, 3.63) is 16.1 Å². The van der Waals surface area contributed by atoms with Gasteiger partial charge in [-0.15, -0.1) is 36.2 Å². The summed E-state index contributed by atoms with van der Waals surface area (Å²) in [4.78, 5) is 7.23. The molecule has 0 aliphatic carbocycles. The third kappa shape index (κ3) is 5.56. The number of piperidine rings is 1. The monoisotopic (exact) mass is 325 g/mol. The van der Waals surface area contributed by atoms with Crippen molar-refractivity contribution in [2.45, 2.75) is 45.2 Å². The Bertz CT molecular complexity index is 357. The summed E-state index contributed by atoms with van der Waals surface area (Å²) in [6.45, 7) is 7.81. The molecule has 112 valence electrons. The van der Waals surface area contributed by atoms with Crippen molar-refractivity contribution < 1.29 is 0 Å². The van der Waals surface area contributed by atoms with Crippen LogP contribution >= 0.6 is 36.2 Å². The number of hydrogen-bond acceptors (Lipinski definition) is 4. The molecular formula is C13H25Cl2N3S. The fraction of sp³-hybridized carbons (Fsp3) is 0.769. The summed E-state index contributed by atoms with van der Waals surface area (Å²) < 4.78 is 0. The first-order valence-corrected chi connectivity index (χ1v) is 7.41. The zero-order chi connectivity index (χ0) is 12.3. The Morgan fingerprint density at radius 3 is 2.79 bits per heavy atom. The number of likely N-dealkylation sites (N-methyl/N-ethyl adjacent to an activating group) is 1. The van der Waals surface area contributed by atoms with E-state index in [1.54, 1.807) is 11.3 Å². The minimum Gasteiger partial charge on any atom is -0.316 e. The first-order valence-electron chi connectivity index (χ1n) is 6.53. The second kappa shape index (κ2) is 9.14. The zero-order valence-corrected chi connectivity index (χ0v) is 14.3. The summed E-state index contributed by atoms with van der Waals surface area (Å²) in [6.07, 6.45) is 2.61. The molecule has 0 aromatic carbocycles. The molecule has 0 amide bonds. The highest BCUT2D eigenvalue weighted by atomic mass is 35.5. The Morgan fingerprint density at radius 1 is 1.47 bits per heavy atom. The van der Waals surface area contributed by atoms with Crippen molar-refractivity contribution in [1.82, 2.24) is 15.2 Å². The van der Waals surface area contributed by atoms with Gasteiger partial charge in [-0.3, -0.25) is 4.90 Å². The number of hydrogen-bond donors (Lipinski definition) is 1. The van der Waals surface area contributed by atoms with E-state index >= 15 is 0 Å². The molecule has 2 rings (SSSR count). The van der Waals surface area contributed by atoms with Crippen LogP contribution in [0, 0.1) is 0 Å². The van der Waals surface area contributed by atoms with E-state index < -0.39 is 0 Å². The van der Waals surface area contributed by atoms with Crippen LogP contribution in [-0.2, 0) is 6.54 Å². The lowest BCUT2D eigenvalue weighted by Crippen LogP contribution is -2.43. The summed E-state index contributed by atoms with van der Waals surface area (Å²) >= 11 is 1.80. The normalized spacial score (nSPS) is 19.9. The smallest absolute Gasteiger partial charge is 0.0954 e. The maximum absolute atomic E-state index is 4.71. The largest absolute Gasteiger partial charge is 0.316 e. The van der Waals surface area contributed by atoms with Gasteiger partial charge in [-0.05, 0) is 26.4 Å². The molecule has 2 heterocycles. The molecular weight excluding hydrogens is 301 g/mol. The molecule has 19 heavy (non-hydrogen) atoms. The van der Waals surface area contributed by atoms with Crippen LogP contribution in [-0.4, -0.2) is 36.1 Å². The maximum Gasteiger partial charge on any atom is 0.0954 e. The van der Waals surface area contributed by atoms with Gasteiger partial charge >= 0.3 is 0 Å². The van der Waals surface area contributed by atoms with Crippen molar-refractivity contribution in [2.24, 2.45) is 0 Å². The molecule has 1 aliphatic rings. The van der Waals surface area contributed by atoms with Gasteiger partial charge in [-0.25, -0.2) is 4.98 Å². The number of thiazole rings is 1. The SMILES string of the molecule is CNC1CCCN(Cc2csc(C(C)C)n2)C1.Cl.Cl. The van der Waals surface area contributed by atoms with Gasteiger partial charge in [0.25, 0.3) is 0 Å². The van der Waals surface area contributed by atoms with Crippen molar-refractivity contribution in [3.63, 3.8) is 0 Å². The molecule has 1 aromatic heterocycles. The predicted molar refractivity (Wildman–Crippen MR) is 88.1 cm³/mol. The van der Waals surface area contributed by atoms with Crippen molar-refractivity contribution in [2.75, 3.05) is 20.1 Å². The highest BCUT2D eigenvalue weighted by Crippen LogP contribution is 2.21. The third-order valence-corrected chi connectivity index (χ3v) is 4.56. The van der Waals surface area contributed by atoms with Crippen LogP contribution in [0.15, 0.2) is 5.38 Å². The Labute approximate surface area is 133 Å². The van der Waals surface area contributed by atoms with E-state index in [1.165, 1.54) is 30.1 Å². The first-order chi connectivity index (χ1) is 8.19. The van der Waals surface area contributed by atoms with Crippen LogP contribution in [0.2, 0.25) is 0 Å². The minimum atomic E-state index is 0. The van der Waals surface area contributed by atoms with Crippen molar-refractivity contribution >= 4 is 36.2 Å². The Morgan fingerprint density at radius 2 is 2.21 bits per heavy atom. The van der Waals surface area contributed by atoms with Gasteiger partial charge in [-0.1, -0.05) is 13.8 Å². The van der Waals surface area contributed by atoms with Crippen LogP contribution < -0.4 is 5.32 Å². The molecule has 3 nitrogen and oxygen atoms in total. The summed E-state index contributed by atoms with van der Waals surface area (Å²) in [6, 6.07) is 0.659. The zero-order valence-electron chi connectivity index (χ0n) is 11.9. The number of halogens is 2. The number of nitrogens with one attached hydrogen (secondary N) is 1. The van der Waals surface area contributed by atoms with E-state index in [4.69, 9.17) is 4.98 Å². The Kier molecular flexibility index (Phi) is 9.20. The van der Waals surface area contributed by atoms with Gasteiger partial charge in [0.05, 0.1) is 10.7 Å². The number of likely N-dealkylation sites (tertiary alicyclic amines) is 1. The number of nitrogens with zero attached hydrogens (tertiary/aromatic N) is 2. The lowest BCUT2D eigenvalue weighted by molar-refractivity contribution is 0.186. The van der Waals surface area contributed by atoms with Gasteiger partial charge in [0.1, 0.15) is 0 Å². The van der Waals surface area contributed by atoms with Gasteiger partial charge < -0.3 is 5.32 Å². The predicted octanol–water partition coefficient (Wildman–Crippen LogP) is 3.29. The van der Waals surface area contributed by atoms with E-state index in [0.29, 0.717) is 12.0 Å². The average Bonchev–Trinajstić information content (AvgIpc) is 2.78. The van der Waals surface area contributed by atoms with Gasteiger partial charge in [0, 0.05) is 30.4 Å². The Balaban J connectivity index is 0.00000162. The van der Waals surface area contributed by atoms with E-state index in [9.17, 15) is 0 Å². The van der Waals surface area contributed by atoms with E-state index in [2.05, 4.69) is 36.5 Å². The molecule has 6 heteroatoms. The lowest BCUT2D eigenvalue weighted by Gasteiger charge is -2.31. The van der Waals surface area contributed by atoms with E-state index in [1.807, 2.05) is 0 Å². The number of aromatic nitrogens is 1. The summed E-state index contributed by atoms with van der Waals surface area (Å²) in [5, 5.41) is 6.87. The molecule has 0 bridgehead atoms. The molecule has 1 unspecified atom stereocenters. The fourth-order valence-electron chi connectivity index (χ4n) is 2.32. The Hall–Kier alpha value is 0.130. The molecule has 1 aromatic rings. The van der Waals surface area contributed by atoms with Crippen LogP contribution in [0.5, 0.6) is 0 Å². The molecule has 0 saturated carbocycles. The molecule has 1 N–H and O–H groups in total. The van der Waals surface area contributed by atoms with Gasteiger partial charge in [-0.2, -0.15) is 0 Å². The molecule has 1 atom stereocenters. The minimum absolute atomic E-state index is 0. The standard InChI is InChI=1S/C13H23N3S.2ClH/c1-10(2)13-15-12(9-17-13)8-16-6-4-5-11(7-16)14-3;;/h9-11,14H,4-8H2,1-3H3;2*1H. The molecule has 1 saturated heterocycles. The van der Waals surface area contributed by atoms with Crippen LogP contribution in [0.1, 0.15) is 43.3 Å². The van der Waals surface area contributed by atoms with E-state index in [0.717, 1.165) is 13.1 Å². The maximum atomic E-state index is 4.71. The lowest BCUT2D eigenvalue weighted by atomic mass is 10.1. The van der Waals surface area contributed by atoms with Gasteiger partial charge in [0.15, 0.2) is 0 Å². The van der Waals surface area contributed by atoms with Crippen molar-refractivity contribution in [1.29, 1.82) is 0 Å². The highest BCUT2D eigenvalue weighted by Gasteiger charge is 2.19. The van der Waals surface area contributed by atoms with Crippen LogP contribution in [0.25, 0.3) is 0 Å². The molecule has 1 aliphatic heterocycles. The van der Waals surface area contributed by atoms with Crippen LogP contribution in [0.4, 0.5) is 0 Å². The molecule has 0 spiro atoms. The fourth-order valence-corrected chi connectivity index (χ4v) is 3.15. The molecule has 0 radical (unpaired) electrons. The summed E-state index contributed by atoms with van der Waals surface area (Å²) in [5.41, 5.74) is 1.25. The second-order valence-electron chi connectivity index (χ2n) is 5.19. The van der Waals surface area contributed by atoms with Crippen LogP contribution in [0.3, 0.4) is 0 Å². The highest BCUT2D eigenvalue weighted by molar-refractivity contribution is 7.09. The van der Waals surface area contributed by atoms with Gasteiger partial charge in [0.2, 0.25) is 0 Å². The number of rotatable bonds is 4. The second-order valence-corrected chi connectivity index (χ2v) is 6.08. The average molecular weight is 326 g/mol. The summed E-state index contributed by atoms with van der Waals surface area (Å²) in [7, 11) is 2.06. The third-order valence-electron chi connectivity index (χ3n) is 3.36. The quantitative estimate of drug-likeness (QED) is 0.920. The van der Waals surface area contributed by atoms with E-state index in [-0.39, 0.29) is 24.8 Å².